The minimum absolute atomic E-state index is 0.392. The second-order valence-electron chi connectivity index (χ2n) is 5.35. The fourth-order valence-corrected chi connectivity index (χ4v) is 2.98. The Morgan fingerprint density at radius 2 is 1.80 bits per heavy atom. The molecule has 0 radical (unpaired) electrons. The Labute approximate surface area is 121 Å². The van der Waals surface area contributed by atoms with Gasteiger partial charge in [0.1, 0.15) is 18.7 Å². The Balaban J connectivity index is 1.96. The van der Waals surface area contributed by atoms with Crippen LogP contribution in [0.25, 0.3) is 0 Å². The lowest BCUT2D eigenvalue weighted by Gasteiger charge is -2.28. The second kappa shape index (κ2) is 7.50. The first-order valence-corrected chi connectivity index (χ1v) is 7.35. The number of nitrogens with two attached hydrogens (primary N) is 1. The molecule has 0 bridgehead atoms. The van der Waals surface area contributed by atoms with Gasteiger partial charge in [0.05, 0.1) is 14.2 Å². The van der Waals surface area contributed by atoms with Crippen molar-refractivity contribution in [3.8, 4) is 11.5 Å². The van der Waals surface area contributed by atoms with Crippen LogP contribution in [0.1, 0.15) is 31.2 Å². The topological polar surface area (TPSA) is 44.3 Å². The molecule has 2 atom stereocenters. The van der Waals surface area contributed by atoms with Crippen molar-refractivity contribution in [1.29, 1.82) is 0 Å². The Kier molecular flexibility index (Phi) is 5.68. The van der Waals surface area contributed by atoms with Crippen molar-refractivity contribution in [1.82, 2.24) is 0 Å². The van der Waals surface area contributed by atoms with Crippen molar-refractivity contribution in [2.75, 3.05) is 21.3 Å². The monoisotopic (exact) mass is 280 g/mol. The standard InChI is InChI=1S/C16H25NO3/c1-18-14-7-5-4-6-13(14)17-11-12-8-9-15(19-2)16(10-12)20-3/h8-10,13-14,17H,4-7,11H2,1-3H3/p+1/t13-,14+/m0/s1. The Bertz CT molecular complexity index is 422. The molecule has 0 saturated heterocycles. The van der Waals surface area contributed by atoms with Crippen LogP contribution >= 0.6 is 0 Å². The molecule has 4 nitrogen and oxygen atoms in total. The van der Waals surface area contributed by atoms with Crippen LogP contribution in [0.5, 0.6) is 11.5 Å². The Morgan fingerprint density at radius 3 is 2.50 bits per heavy atom. The Hall–Kier alpha value is -1.26. The molecule has 0 amide bonds. The first-order valence-electron chi connectivity index (χ1n) is 7.35. The summed E-state index contributed by atoms with van der Waals surface area (Å²) in [5.41, 5.74) is 1.25. The van der Waals surface area contributed by atoms with Gasteiger partial charge in [-0.2, -0.15) is 0 Å². The summed E-state index contributed by atoms with van der Waals surface area (Å²) in [6.45, 7) is 0.949. The molecule has 1 aliphatic rings. The largest absolute Gasteiger partial charge is 0.493 e. The predicted octanol–water partition coefficient (Wildman–Crippen LogP) is 1.72. The maximum absolute atomic E-state index is 5.60. The minimum atomic E-state index is 0.392. The molecule has 2 rings (SSSR count). The third kappa shape index (κ3) is 3.64. The van der Waals surface area contributed by atoms with Crippen molar-refractivity contribution in [2.45, 2.75) is 44.4 Å². The zero-order chi connectivity index (χ0) is 14.4. The van der Waals surface area contributed by atoms with E-state index in [-0.39, 0.29) is 0 Å². The Morgan fingerprint density at radius 1 is 1.05 bits per heavy atom. The van der Waals surface area contributed by atoms with Gasteiger partial charge in [0.2, 0.25) is 0 Å². The number of rotatable bonds is 6. The molecule has 4 heteroatoms. The molecular weight excluding hydrogens is 254 g/mol. The highest BCUT2D eigenvalue weighted by Crippen LogP contribution is 2.27. The zero-order valence-electron chi connectivity index (χ0n) is 12.7. The molecule has 20 heavy (non-hydrogen) atoms. The summed E-state index contributed by atoms with van der Waals surface area (Å²) in [5, 5.41) is 2.40. The number of hydrogen-bond donors (Lipinski definition) is 1. The summed E-state index contributed by atoms with van der Waals surface area (Å²) in [5.74, 6) is 1.58. The van der Waals surface area contributed by atoms with Gasteiger partial charge in [0.25, 0.3) is 0 Å². The van der Waals surface area contributed by atoms with E-state index in [1.165, 1.54) is 31.2 Å². The first-order chi connectivity index (χ1) is 9.78. The second-order valence-corrected chi connectivity index (χ2v) is 5.35. The molecule has 1 aromatic carbocycles. The van der Waals surface area contributed by atoms with Gasteiger partial charge < -0.3 is 19.5 Å². The summed E-state index contributed by atoms with van der Waals surface area (Å²) >= 11 is 0. The van der Waals surface area contributed by atoms with Gasteiger partial charge in [0.15, 0.2) is 11.5 Å². The van der Waals surface area contributed by atoms with Crippen LogP contribution in [0, 0.1) is 0 Å². The average Bonchev–Trinajstić information content (AvgIpc) is 2.52. The minimum Gasteiger partial charge on any atom is -0.493 e. The molecular formula is C16H26NO3+. The number of quaternary nitrogens is 1. The van der Waals surface area contributed by atoms with Crippen molar-refractivity contribution in [3.63, 3.8) is 0 Å². The summed E-state index contributed by atoms with van der Waals surface area (Å²) in [4.78, 5) is 0. The summed E-state index contributed by atoms with van der Waals surface area (Å²) in [7, 11) is 5.16. The molecule has 0 aliphatic heterocycles. The molecule has 1 aromatic rings. The lowest BCUT2D eigenvalue weighted by atomic mass is 9.92. The van der Waals surface area contributed by atoms with E-state index in [9.17, 15) is 0 Å². The van der Waals surface area contributed by atoms with E-state index in [0.717, 1.165) is 18.0 Å². The third-order valence-electron chi connectivity index (χ3n) is 4.16. The SMILES string of the molecule is COc1ccc(C[NH2+][C@H]2CCCC[C@H]2OC)cc1OC. The molecule has 0 spiro atoms. The molecule has 1 fully saturated rings. The van der Waals surface area contributed by atoms with E-state index in [1.54, 1.807) is 14.2 Å². The van der Waals surface area contributed by atoms with E-state index >= 15 is 0 Å². The van der Waals surface area contributed by atoms with E-state index < -0.39 is 0 Å². The van der Waals surface area contributed by atoms with Gasteiger partial charge in [-0.3, -0.25) is 0 Å². The highest BCUT2D eigenvalue weighted by atomic mass is 16.5. The molecule has 0 unspecified atom stereocenters. The highest BCUT2D eigenvalue weighted by Gasteiger charge is 2.27. The number of hydrogen-bond acceptors (Lipinski definition) is 3. The van der Waals surface area contributed by atoms with Crippen LogP contribution in [-0.2, 0) is 11.3 Å². The van der Waals surface area contributed by atoms with Crippen molar-refractivity contribution in [2.24, 2.45) is 0 Å². The smallest absolute Gasteiger partial charge is 0.161 e. The van der Waals surface area contributed by atoms with Gasteiger partial charge in [0, 0.05) is 19.1 Å². The van der Waals surface area contributed by atoms with Crippen LogP contribution < -0.4 is 14.8 Å². The van der Waals surface area contributed by atoms with Crippen molar-refractivity contribution in [3.05, 3.63) is 23.8 Å². The van der Waals surface area contributed by atoms with Gasteiger partial charge in [-0.1, -0.05) is 6.42 Å². The summed E-state index contributed by atoms with van der Waals surface area (Å²) in [6.07, 6.45) is 5.42. The molecule has 1 aliphatic carbocycles. The first kappa shape index (κ1) is 15.1. The maximum Gasteiger partial charge on any atom is 0.161 e. The van der Waals surface area contributed by atoms with Gasteiger partial charge in [-0.25, -0.2) is 0 Å². The maximum atomic E-state index is 5.60. The van der Waals surface area contributed by atoms with Crippen LogP contribution in [-0.4, -0.2) is 33.5 Å². The van der Waals surface area contributed by atoms with Crippen molar-refractivity contribution >= 4 is 0 Å². The number of benzene rings is 1. The lowest BCUT2D eigenvalue weighted by Crippen LogP contribution is -2.91. The molecule has 2 N–H and O–H groups in total. The quantitative estimate of drug-likeness (QED) is 0.863. The summed E-state index contributed by atoms with van der Waals surface area (Å²) in [6, 6.07) is 6.70. The zero-order valence-corrected chi connectivity index (χ0v) is 12.7. The molecule has 1 saturated carbocycles. The predicted molar refractivity (Wildman–Crippen MR) is 78.2 cm³/mol. The number of methoxy groups -OCH3 is 3. The van der Waals surface area contributed by atoms with E-state index in [1.807, 2.05) is 13.2 Å². The van der Waals surface area contributed by atoms with Gasteiger partial charge in [-0.05, 0) is 31.0 Å². The normalized spacial score (nSPS) is 22.6. The number of ether oxygens (including phenoxy) is 3. The van der Waals surface area contributed by atoms with Gasteiger partial charge >= 0.3 is 0 Å². The van der Waals surface area contributed by atoms with Crippen molar-refractivity contribution < 1.29 is 19.5 Å². The molecule has 0 aromatic heterocycles. The van der Waals surface area contributed by atoms with E-state index in [4.69, 9.17) is 14.2 Å². The highest BCUT2D eigenvalue weighted by molar-refractivity contribution is 5.42. The van der Waals surface area contributed by atoms with Crippen LogP contribution in [0.3, 0.4) is 0 Å². The van der Waals surface area contributed by atoms with Crippen LogP contribution in [0.2, 0.25) is 0 Å². The third-order valence-corrected chi connectivity index (χ3v) is 4.16. The molecule has 112 valence electrons. The lowest BCUT2D eigenvalue weighted by molar-refractivity contribution is -0.713. The van der Waals surface area contributed by atoms with Gasteiger partial charge in [-0.15, -0.1) is 0 Å². The van der Waals surface area contributed by atoms with Crippen LogP contribution in [0.15, 0.2) is 18.2 Å². The molecule has 0 heterocycles. The van der Waals surface area contributed by atoms with E-state index in [2.05, 4.69) is 17.4 Å². The van der Waals surface area contributed by atoms with Crippen LogP contribution in [0.4, 0.5) is 0 Å². The summed E-state index contributed by atoms with van der Waals surface area (Å²) < 4.78 is 16.2. The van der Waals surface area contributed by atoms with E-state index in [0.29, 0.717) is 12.1 Å². The fourth-order valence-electron chi connectivity index (χ4n) is 2.98. The fraction of sp³-hybridized carbons (Fsp3) is 0.625. The average molecular weight is 280 g/mol.